The van der Waals surface area contributed by atoms with Gasteiger partial charge in [-0.25, -0.2) is 4.57 Å². The molecule has 0 aliphatic heterocycles. The number of phosphoric acid groups is 1. The number of aliphatic hydroxyl groups is 4. The van der Waals surface area contributed by atoms with Crippen molar-refractivity contribution in [3.63, 3.8) is 0 Å². The van der Waals surface area contributed by atoms with Crippen molar-refractivity contribution < 1.29 is 43.0 Å². The van der Waals surface area contributed by atoms with Crippen molar-refractivity contribution in [1.29, 1.82) is 0 Å². The molecule has 0 unspecified atom stereocenters. The zero-order valence-corrected chi connectivity index (χ0v) is 13.6. The number of hydrogen-bond donors (Lipinski definition) is 4. The van der Waals surface area contributed by atoms with Gasteiger partial charge in [-0.3, -0.25) is 13.6 Å². The molecule has 0 radical (unpaired) electrons. The molecule has 0 aromatic heterocycles. The van der Waals surface area contributed by atoms with Gasteiger partial charge >= 0.3 is 7.82 Å². The maximum absolute atomic E-state index is 12.3. The highest BCUT2D eigenvalue weighted by molar-refractivity contribution is 7.48. The minimum atomic E-state index is -3.99. The van der Waals surface area contributed by atoms with Crippen LogP contribution in [-0.2, 0) is 18.1 Å². The molecule has 0 amide bonds. The van der Waals surface area contributed by atoms with Crippen LogP contribution in [0.2, 0.25) is 0 Å². The molecule has 2 atom stereocenters. The van der Waals surface area contributed by atoms with Gasteiger partial charge in [-0.15, -0.1) is 0 Å². The van der Waals surface area contributed by atoms with E-state index in [4.69, 9.17) is 23.8 Å². The number of nitrogens with zero attached hydrogens (tertiary/aromatic N) is 1. The third-order valence-electron chi connectivity index (χ3n) is 2.28. The van der Waals surface area contributed by atoms with Crippen molar-refractivity contribution in [3.05, 3.63) is 0 Å². The van der Waals surface area contributed by atoms with E-state index >= 15 is 0 Å². The Morgan fingerprint density at radius 1 is 0.952 bits per heavy atom. The first-order chi connectivity index (χ1) is 9.62. The average molecular weight is 332 g/mol. The Bertz CT molecular complexity index is 304. The van der Waals surface area contributed by atoms with Crippen molar-refractivity contribution in [1.82, 2.24) is 0 Å². The fourth-order valence-corrected chi connectivity index (χ4v) is 2.24. The molecule has 0 fully saturated rings. The van der Waals surface area contributed by atoms with E-state index in [2.05, 4.69) is 0 Å². The Hall–Kier alpha value is -0.0900. The van der Waals surface area contributed by atoms with Crippen molar-refractivity contribution in [2.75, 3.05) is 60.7 Å². The summed E-state index contributed by atoms with van der Waals surface area (Å²) in [6.07, 6.45) is -2.43. The fraction of sp³-hybridized carbons (Fsp3) is 1.00. The van der Waals surface area contributed by atoms with E-state index < -0.39 is 46.5 Å². The first-order valence-electron chi connectivity index (χ1n) is 6.54. The monoisotopic (exact) mass is 332 g/mol. The lowest BCUT2D eigenvalue weighted by Gasteiger charge is -2.25. The second-order valence-electron chi connectivity index (χ2n) is 5.56. The minimum absolute atomic E-state index is 0.0746. The standard InChI is InChI=1S/C11H27NO8P/c1-12(2,3)4-5-18-21(17,19-8-10(15)6-13)20-9-11(16)7-14/h10-11,13-16H,4-9H2,1-3H3/q+1/t10-,11-/m0/s1. The summed E-state index contributed by atoms with van der Waals surface area (Å²) in [5.74, 6) is 0. The second-order valence-corrected chi connectivity index (χ2v) is 7.23. The van der Waals surface area contributed by atoms with E-state index in [0.717, 1.165) is 0 Å². The van der Waals surface area contributed by atoms with E-state index in [-0.39, 0.29) is 6.61 Å². The lowest BCUT2D eigenvalue weighted by Crippen LogP contribution is -2.37. The number of quaternary nitrogens is 1. The molecule has 0 saturated carbocycles. The van der Waals surface area contributed by atoms with Crippen LogP contribution in [0.5, 0.6) is 0 Å². The predicted octanol–water partition coefficient (Wildman–Crippen LogP) is -1.44. The predicted molar refractivity (Wildman–Crippen MR) is 74.5 cm³/mol. The third-order valence-corrected chi connectivity index (χ3v) is 3.71. The van der Waals surface area contributed by atoms with Gasteiger partial charge in [0, 0.05) is 0 Å². The molecule has 0 aliphatic rings. The van der Waals surface area contributed by atoms with Gasteiger partial charge in [0.1, 0.15) is 25.4 Å². The molecule has 0 heterocycles. The average Bonchev–Trinajstić information content (AvgIpc) is 2.40. The van der Waals surface area contributed by atoms with Gasteiger partial charge in [-0.2, -0.15) is 0 Å². The number of likely N-dealkylation sites (N-methyl/N-ethyl adjacent to an activating group) is 1. The van der Waals surface area contributed by atoms with E-state index in [1.54, 1.807) is 0 Å². The van der Waals surface area contributed by atoms with Gasteiger partial charge in [0.25, 0.3) is 0 Å². The molecule has 128 valence electrons. The molecule has 10 heteroatoms. The van der Waals surface area contributed by atoms with Crippen LogP contribution in [0.25, 0.3) is 0 Å². The van der Waals surface area contributed by atoms with Gasteiger partial charge in [-0.05, 0) is 0 Å². The molecule has 0 aliphatic carbocycles. The summed E-state index contributed by atoms with van der Waals surface area (Å²) in [5, 5.41) is 35.8. The highest BCUT2D eigenvalue weighted by Gasteiger charge is 2.29. The lowest BCUT2D eigenvalue weighted by atomic mass is 10.4. The quantitative estimate of drug-likeness (QED) is 0.253. The van der Waals surface area contributed by atoms with Crippen LogP contribution < -0.4 is 0 Å². The molecule has 0 aromatic carbocycles. The first kappa shape index (κ1) is 20.9. The highest BCUT2D eigenvalue weighted by atomic mass is 31.2. The molecule has 9 nitrogen and oxygen atoms in total. The molecule has 0 aromatic rings. The summed E-state index contributed by atoms with van der Waals surface area (Å²) >= 11 is 0. The summed E-state index contributed by atoms with van der Waals surface area (Å²) in [6, 6.07) is 0. The Kier molecular flexibility index (Phi) is 9.79. The highest BCUT2D eigenvalue weighted by Crippen LogP contribution is 2.49. The van der Waals surface area contributed by atoms with Crippen LogP contribution in [0, 0.1) is 0 Å². The molecule has 0 bridgehead atoms. The van der Waals surface area contributed by atoms with Crippen molar-refractivity contribution in [2.24, 2.45) is 0 Å². The Morgan fingerprint density at radius 2 is 1.38 bits per heavy atom. The van der Waals surface area contributed by atoms with Crippen molar-refractivity contribution >= 4 is 7.82 Å². The third kappa shape index (κ3) is 11.2. The minimum Gasteiger partial charge on any atom is -0.394 e. The maximum atomic E-state index is 12.3. The molecule has 4 N–H and O–H groups in total. The van der Waals surface area contributed by atoms with Gasteiger partial charge in [0.2, 0.25) is 0 Å². The van der Waals surface area contributed by atoms with Gasteiger partial charge < -0.3 is 24.9 Å². The fourth-order valence-electron chi connectivity index (χ4n) is 0.998. The topological polar surface area (TPSA) is 126 Å². The van der Waals surface area contributed by atoms with E-state index in [0.29, 0.717) is 11.0 Å². The Morgan fingerprint density at radius 3 is 1.71 bits per heavy atom. The zero-order chi connectivity index (χ0) is 16.5. The largest absolute Gasteiger partial charge is 0.475 e. The van der Waals surface area contributed by atoms with Crippen LogP contribution in [0.1, 0.15) is 0 Å². The second kappa shape index (κ2) is 9.83. The van der Waals surface area contributed by atoms with Gasteiger partial charge in [-0.1, -0.05) is 0 Å². The number of phosphoric ester groups is 1. The summed E-state index contributed by atoms with van der Waals surface area (Å²) in [4.78, 5) is 0. The van der Waals surface area contributed by atoms with Gasteiger partial charge in [0.15, 0.2) is 0 Å². The van der Waals surface area contributed by atoms with Gasteiger partial charge in [0.05, 0.1) is 47.6 Å². The Labute approximate surface area is 124 Å². The number of aliphatic hydroxyl groups excluding tert-OH is 4. The number of hydrogen-bond acceptors (Lipinski definition) is 8. The summed E-state index contributed by atoms with van der Waals surface area (Å²) in [7, 11) is 1.76. The van der Waals surface area contributed by atoms with Crippen molar-refractivity contribution in [2.45, 2.75) is 12.2 Å². The Balaban J connectivity index is 4.47. The van der Waals surface area contributed by atoms with E-state index in [1.807, 2.05) is 21.1 Å². The van der Waals surface area contributed by atoms with Crippen LogP contribution in [0.4, 0.5) is 0 Å². The molecular weight excluding hydrogens is 305 g/mol. The summed E-state index contributed by atoms with van der Waals surface area (Å²) in [6.45, 7) is -1.38. The van der Waals surface area contributed by atoms with E-state index in [9.17, 15) is 14.8 Å². The van der Waals surface area contributed by atoms with Crippen LogP contribution in [0.3, 0.4) is 0 Å². The maximum Gasteiger partial charge on any atom is 0.475 e. The first-order valence-corrected chi connectivity index (χ1v) is 8.00. The van der Waals surface area contributed by atoms with Crippen LogP contribution >= 0.6 is 7.82 Å². The number of rotatable bonds is 12. The summed E-state index contributed by atoms with van der Waals surface area (Å²) in [5.41, 5.74) is 0. The molecular formula is C11H27NO8P+. The van der Waals surface area contributed by atoms with E-state index in [1.165, 1.54) is 0 Å². The lowest BCUT2D eigenvalue weighted by molar-refractivity contribution is -0.870. The smallest absolute Gasteiger partial charge is 0.394 e. The summed E-state index contributed by atoms with van der Waals surface area (Å²) < 4.78 is 27.7. The van der Waals surface area contributed by atoms with Crippen LogP contribution in [0.15, 0.2) is 0 Å². The molecule has 0 rings (SSSR count). The molecule has 21 heavy (non-hydrogen) atoms. The molecule has 0 spiro atoms. The zero-order valence-electron chi connectivity index (χ0n) is 12.7. The molecule has 0 saturated heterocycles. The van der Waals surface area contributed by atoms with Crippen molar-refractivity contribution in [3.8, 4) is 0 Å². The van der Waals surface area contributed by atoms with Crippen LogP contribution in [-0.4, -0.2) is 97.8 Å². The normalized spacial score (nSPS) is 16.0. The SMILES string of the molecule is C[N+](C)(C)CCOP(=O)(OC[C@@H](O)CO)OC[C@@H](O)CO.